The lowest BCUT2D eigenvalue weighted by molar-refractivity contribution is -0.127. The van der Waals surface area contributed by atoms with Gasteiger partial charge in [-0.2, -0.15) is 0 Å². The molecule has 0 atom stereocenters. The van der Waals surface area contributed by atoms with E-state index in [1.165, 1.54) is 0 Å². The number of amides is 1. The van der Waals surface area contributed by atoms with Gasteiger partial charge in [-0.3, -0.25) is 9.69 Å². The highest BCUT2D eigenvalue weighted by molar-refractivity contribution is 7.89. The maximum absolute atomic E-state index is 12.6. The number of nitrogens with one attached hydrogen (secondary N) is 1. The van der Waals surface area contributed by atoms with Crippen molar-refractivity contribution in [2.45, 2.75) is 30.3 Å². The highest BCUT2D eigenvalue weighted by Gasteiger charge is 2.27. The molecule has 3 heterocycles. The molecule has 1 amide bonds. The molecule has 2 aliphatic rings. The summed E-state index contributed by atoms with van der Waals surface area (Å²) in [5, 5.41) is 0. The smallest absolute Gasteiger partial charge is 0.246 e. The highest BCUT2D eigenvalue weighted by Crippen LogP contribution is 2.22. The van der Waals surface area contributed by atoms with Crippen LogP contribution in [-0.4, -0.2) is 65.7 Å². The van der Waals surface area contributed by atoms with Crippen molar-refractivity contribution in [1.82, 2.24) is 23.9 Å². The molecule has 1 N–H and O–H groups in total. The molecule has 8 nitrogen and oxygen atoms in total. The van der Waals surface area contributed by atoms with Gasteiger partial charge < -0.3 is 9.30 Å². The molecule has 5 rings (SSSR count). The zero-order chi connectivity index (χ0) is 22.8. The Morgan fingerprint density at radius 1 is 1.06 bits per heavy atom. The maximum Gasteiger partial charge on any atom is 0.246 e. The summed E-state index contributed by atoms with van der Waals surface area (Å²) in [5.41, 5.74) is 2.76. The third kappa shape index (κ3) is 5.32. The molecule has 0 unspecified atom stereocenters. The van der Waals surface area contributed by atoms with Crippen LogP contribution < -0.4 is 4.72 Å². The molecule has 1 aliphatic carbocycles. The standard InChI is InChI=1S/C24H27N5O3S/c30-24(11-6-19-4-9-22(10-5-19)33(31,32)26-20-7-8-20)28-15-13-27(14-16-28)17-21-18-29-12-2-1-3-23(29)25-21/h1-6,9-12,18,20,26H,7-8,13-17H2/b11-6+. The molecule has 9 heteroatoms. The topological polar surface area (TPSA) is 87.0 Å². The Morgan fingerprint density at radius 3 is 2.52 bits per heavy atom. The molecule has 2 aromatic heterocycles. The third-order valence-corrected chi connectivity index (χ3v) is 7.53. The third-order valence-electron chi connectivity index (χ3n) is 5.99. The fraction of sp³-hybridized carbons (Fsp3) is 0.333. The quantitative estimate of drug-likeness (QED) is 0.540. The number of nitrogens with zero attached hydrogens (tertiary/aromatic N) is 4. The first-order valence-electron chi connectivity index (χ1n) is 11.2. The van der Waals surface area contributed by atoms with Crippen molar-refractivity contribution in [2.75, 3.05) is 26.2 Å². The first-order valence-corrected chi connectivity index (χ1v) is 12.7. The van der Waals surface area contributed by atoms with E-state index in [0.717, 1.165) is 49.4 Å². The Bertz CT molecular complexity index is 1240. The Labute approximate surface area is 193 Å². The minimum Gasteiger partial charge on any atom is -0.337 e. The minimum absolute atomic E-state index is 0.0329. The Morgan fingerprint density at radius 2 is 1.82 bits per heavy atom. The summed E-state index contributed by atoms with van der Waals surface area (Å²) in [6, 6.07) is 12.6. The molecule has 1 saturated heterocycles. The van der Waals surface area contributed by atoms with E-state index >= 15 is 0 Å². The summed E-state index contributed by atoms with van der Waals surface area (Å²) in [6.07, 6.45) is 9.13. The second-order valence-electron chi connectivity index (χ2n) is 8.60. The molecule has 172 valence electrons. The number of hydrogen-bond acceptors (Lipinski definition) is 5. The number of imidazole rings is 1. The molecular formula is C24H27N5O3S. The van der Waals surface area contributed by atoms with Crippen LogP contribution in [0.5, 0.6) is 0 Å². The van der Waals surface area contributed by atoms with Gasteiger partial charge in [0.05, 0.1) is 10.6 Å². The van der Waals surface area contributed by atoms with Crippen LogP contribution in [0.1, 0.15) is 24.1 Å². The van der Waals surface area contributed by atoms with Crippen LogP contribution in [0.3, 0.4) is 0 Å². The molecule has 0 radical (unpaired) electrons. The fourth-order valence-electron chi connectivity index (χ4n) is 3.94. The number of sulfonamides is 1. The summed E-state index contributed by atoms with van der Waals surface area (Å²) >= 11 is 0. The number of piperazine rings is 1. The second-order valence-corrected chi connectivity index (χ2v) is 10.3. The van der Waals surface area contributed by atoms with Gasteiger partial charge in [0.15, 0.2) is 0 Å². The van der Waals surface area contributed by atoms with Crippen LogP contribution in [-0.2, 0) is 21.4 Å². The van der Waals surface area contributed by atoms with Crippen molar-refractivity contribution in [3.8, 4) is 0 Å². The lowest BCUT2D eigenvalue weighted by Gasteiger charge is -2.33. The van der Waals surface area contributed by atoms with Gasteiger partial charge in [0.1, 0.15) is 5.65 Å². The van der Waals surface area contributed by atoms with Crippen molar-refractivity contribution in [3.63, 3.8) is 0 Å². The molecule has 33 heavy (non-hydrogen) atoms. The van der Waals surface area contributed by atoms with Crippen LogP contribution in [0.2, 0.25) is 0 Å². The van der Waals surface area contributed by atoms with Gasteiger partial charge in [0.2, 0.25) is 15.9 Å². The number of rotatable bonds is 7. The first kappa shape index (κ1) is 21.8. The lowest BCUT2D eigenvalue weighted by atomic mass is 10.2. The molecular weight excluding hydrogens is 438 g/mol. The van der Waals surface area contributed by atoms with Crippen molar-refractivity contribution < 1.29 is 13.2 Å². The summed E-state index contributed by atoms with van der Waals surface area (Å²) in [4.78, 5) is 21.7. The van der Waals surface area contributed by atoms with Gasteiger partial charge in [-0.25, -0.2) is 18.1 Å². The average Bonchev–Trinajstić information content (AvgIpc) is 3.53. The molecule has 0 spiro atoms. The monoisotopic (exact) mass is 465 g/mol. The van der Waals surface area contributed by atoms with Gasteiger partial charge >= 0.3 is 0 Å². The molecule has 2 fully saturated rings. The molecule has 3 aromatic rings. The molecule has 1 aliphatic heterocycles. The second kappa shape index (κ2) is 9.09. The van der Waals surface area contributed by atoms with Gasteiger partial charge in [-0.15, -0.1) is 0 Å². The van der Waals surface area contributed by atoms with E-state index in [0.29, 0.717) is 13.1 Å². The zero-order valence-corrected chi connectivity index (χ0v) is 19.1. The average molecular weight is 466 g/mol. The van der Waals surface area contributed by atoms with Crippen LogP contribution in [0, 0.1) is 0 Å². The van der Waals surface area contributed by atoms with Crippen molar-refractivity contribution in [3.05, 3.63) is 72.2 Å². The van der Waals surface area contributed by atoms with Crippen LogP contribution in [0.25, 0.3) is 11.7 Å². The first-order chi connectivity index (χ1) is 16.0. The van der Waals surface area contributed by atoms with E-state index in [4.69, 9.17) is 0 Å². The number of fused-ring (bicyclic) bond motifs is 1. The minimum atomic E-state index is -3.46. The lowest BCUT2D eigenvalue weighted by Crippen LogP contribution is -2.47. The van der Waals surface area contributed by atoms with Crippen LogP contribution in [0.15, 0.2) is 65.8 Å². The SMILES string of the molecule is O=C(/C=C/c1ccc(S(=O)(=O)NC2CC2)cc1)N1CCN(Cc2cn3ccccc3n2)CC1. The fourth-order valence-corrected chi connectivity index (χ4v) is 5.24. The van der Waals surface area contributed by atoms with Crippen LogP contribution in [0.4, 0.5) is 0 Å². The predicted octanol–water partition coefficient (Wildman–Crippen LogP) is 2.13. The largest absolute Gasteiger partial charge is 0.337 e. The van der Waals surface area contributed by atoms with Gasteiger partial charge in [0.25, 0.3) is 0 Å². The normalized spacial score (nSPS) is 17.8. The van der Waals surface area contributed by atoms with E-state index in [1.807, 2.05) is 39.9 Å². The summed E-state index contributed by atoms with van der Waals surface area (Å²) in [6.45, 7) is 3.70. The predicted molar refractivity (Wildman–Crippen MR) is 126 cm³/mol. The maximum atomic E-state index is 12.6. The van der Waals surface area contributed by atoms with E-state index in [9.17, 15) is 13.2 Å². The Hall–Kier alpha value is -3.01. The summed E-state index contributed by atoms with van der Waals surface area (Å²) in [7, 11) is -3.46. The van der Waals surface area contributed by atoms with Crippen molar-refractivity contribution in [2.24, 2.45) is 0 Å². The van der Waals surface area contributed by atoms with Crippen LogP contribution >= 0.6 is 0 Å². The number of benzene rings is 1. The summed E-state index contributed by atoms with van der Waals surface area (Å²) in [5.74, 6) is -0.0329. The van der Waals surface area contributed by atoms with E-state index in [1.54, 1.807) is 36.4 Å². The molecule has 0 bridgehead atoms. The van der Waals surface area contributed by atoms with Gasteiger partial charge in [-0.1, -0.05) is 18.2 Å². The molecule has 1 saturated carbocycles. The van der Waals surface area contributed by atoms with Crippen molar-refractivity contribution >= 4 is 27.7 Å². The number of carbonyl (C=O) groups excluding carboxylic acids is 1. The summed E-state index contributed by atoms with van der Waals surface area (Å²) < 4.78 is 29.2. The Kier molecular flexibility index (Phi) is 6.01. The van der Waals surface area contributed by atoms with Crippen molar-refractivity contribution in [1.29, 1.82) is 0 Å². The number of pyridine rings is 1. The highest BCUT2D eigenvalue weighted by atomic mass is 32.2. The molecule has 1 aromatic carbocycles. The number of hydrogen-bond donors (Lipinski definition) is 1. The van der Waals surface area contributed by atoms with E-state index < -0.39 is 10.0 Å². The van der Waals surface area contributed by atoms with Gasteiger partial charge in [-0.05, 0) is 48.7 Å². The zero-order valence-electron chi connectivity index (χ0n) is 18.3. The Balaban J connectivity index is 1.12. The van der Waals surface area contributed by atoms with Gasteiger partial charge in [0, 0.05) is 57.2 Å². The number of carbonyl (C=O) groups is 1. The van der Waals surface area contributed by atoms with E-state index in [-0.39, 0.29) is 16.8 Å². The number of aromatic nitrogens is 2. The van der Waals surface area contributed by atoms with E-state index in [2.05, 4.69) is 14.6 Å².